The molecule has 0 aliphatic carbocycles. The van der Waals surface area contributed by atoms with E-state index in [4.69, 9.17) is 0 Å². The van der Waals surface area contributed by atoms with E-state index in [1.54, 1.807) is 0 Å². The summed E-state index contributed by atoms with van der Waals surface area (Å²) >= 11 is 6.23. The van der Waals surface area contributed by atoms with Gasteiger partial charge in [-0.05, 0) is 36.4 Å². The number of rotatable bonds is 6. The molecular weight excluding hydrogens is 578 g/mol. The van der Waals surface area contributed by atoms with Gasteiger partial charge in [-0.2, -0.15) is 0 Å². The van der Waals surface area contributed by atoms with Gasteiger partial charge in [0.15, 0.2) is 0 Å². The average Bonchev–Trinajstić information content (AvgIpc) is 2.80. The number of hydrogen-bond donors (Lipinski definition) is 2. The quantitative estimate of drug-likeness (QED) is 0.263. The summed E-state index contributed by atoms with van der Waals surface area (Å²) < 4.78 is 0.872. The van der Waals surface area contributed by atoms with Crippen LogP contribution in [0, 0.1) is 20.2 Å². The number of nitro groups is 2. The Balaban J connectivity index is 0.00000199. The van der Waals surface area contributed by atoms with Gasteiger partial charge >= 0.3 is 0 Å². The summed E-state index contributed by atoms with van der Waals surface area (Å²) in [6, 6.07) is 12.2. The molecule has 0 saturated heterocycles. The second-order valence-corrected chi connectivity index (χ2v) is 7.98. The van der Waals surface area contributed by atoms with E-state index in [1.807, 2.05) is 13.8 Å². The molecule has 3 rings (SSSR count). The highest BCUT2D eigenvalue weighted by Crippen LogP contribution is 2.26. The molecule has 0 radical (unpaired) electrons. The first-order valence-electron chi connectivity index (χ1n) is 9.63. The summed E-state index contributed by atoms with van der Waals surface area (Å²) in [7, 11) is 0. The van der Waals surface area contributed by atoms with Gasteiger partial charge in [-0.25, -0.2) is 4.98 Å². The largest absolute Gasteiger partial charge is 0.306 e. The van der Waals surface area contributed by atoms with Gasteiger partial charge < -0.3 is 10.6 Å². The fourth-order valence-electron chi connectivity index (χ4n) is 2.64. The summed E-state index contributed by atoms with van der Waals surface area (Å²) in [5, 5.41) is 27.3. The summed E-state index contributed by atoms with van der Waals surface area (Å²) in [5.74, 6) is -1.53. The number of nitrogens with one attached hydrogen (secondary N) is 2. The highest BCUT2D eigenvalue weighted by Gasteiger charge is 2.22. The van der Waals surface area contributed by atoms with Crippen molar-refractivity contribution in [1.29, 1.82) is 0 Å². The lowest BCUT2D eigenvalue weighted by Gasteiger charge is -2.09. The van der Waals surface area contributed by atoms with Crippen LogP contribution >= 0.6 is 31.9 Å². The molecule has 0 aliphatic rings. The van der Waals surface area contributed by atoms with Crippen LogP contribution in [0.2, 0.25) is 0 Å². The number of nitro benzene ring substituents is 2. The Hall–Kier alpha value is -3.71. The van der Waals surface area contributed by atoms with Gasteiger partial charge in [0, 0.05) is 21.1 Å². The number of amides is 2. The summed E-state index contributed by atoms with van der Waals surface area (Å²) in [6.45, 7) is 4.00. The van der Waals surface area contributed by atoms with Crippen molar-refractivity contribution in [1.82, 2.24) is 4.98 Å². The zero-order valence-corrected chi connectivity index (χ0v) is 20.9. The Labute approximate surface area is 210 Å². The first-order valence-corrected chi connectivity index (χ1v) is 11.2. The standard InChI is InChI=1S/C19H11Br2N5O6.C2H6/c20-10-4-6-12(14(8-10)25(29)30)18(27)23-16-2-1-3-17(22-16)24-19(28)13-7-5-11(21)9-15(13)26(31)32;1-2/h1-9H,(H2,22,23,24,27,28);1-2H3. The molecule has 0 aliphatic heterocycles. The molecule has 13 heteroatoms. The first-order chi connectivity index (χ1) is 16.2. The number of nitrogens with zero attached hydrogens (tertiary/aromatic N) is 3. The van der Waals surface area contributed by atoms with Crippen LogP contribution in [0.1, 0.15) is 34.6 Å². The lowest BCUT2D eigenvalue weighted by atomic mass is 10.1. The second kappa shape index (κ2) is 12.0. The van der Waals surface area contributed by atoms with Gasteiger partial charge in [0.25, 0.3) is 23.2 Å². The molecule has 0 fully saturated rings. The molecular formula is C21H17Br2N5O6. The molecule has 0 atom stereocenters. The third kappa shape index (κ3) is 6.65. The molecule has 0 spiro atoms. The normalized spacial score (nSPS) is 9.88. The monoisotopic (exact) mass is 593 g/mol. The van der Waals surface area contributed by atoms with Gasteiger partial charge in [-0.3, -0.25) is 29.8 Å². The Morgan fingerprint density at radius 1 is 0.765 bits per heavy atom. The number of pyridine rings is 1. The zero-order valence-electron chi connectivity index (χ0n) is 17.7. The van der Waals surface area contributed by atoms with Crippen molar-refractivity contribution >= 4 is 66.7 Å². The molecule has 34 heavy (non-hydrogen) atoms. The molecule has 0 saturated carbocycles. The van der Waals surface area contributed by atoms with Crippen LogP contribution in [0.5, 0.6) is 0 Å². The summed E-state index contributed by atoms with van der Waals surface area (Å²) in [6.07, 6.45) is 0. The van der Waals surface area contributed by atoms with E-state index in [9.17, 15) is 29.8 Å². The molecule has 11 nitrogen and oxygen atoms in total. The number of carbonyl (C=O) groups excluding carboxylic acids is 2. The van der Waals surface area contributed by atoms with E-state index in [2.05, 4.69) is 47.5 Å². The fourth-order valence-corrected chi connectivity index (χ4v) is 3.33. The number of hydrogen-bond acceptors (Lipinski definition) is 7. The van der Waals surface area contributed by atoms with Gasteiger partial charge in [0.2, 0.25) is 0 Å². The maximum Gasteiger partial charge on any atom is 0.283 e. The maximum absolute atomic E-state index is 12.5. The average molecular weight is 595 g/mol. The number of carbonyl (C=O) groups is 2. The van der Waals surface area contributed by atoms with Crippen molar-refractivity contribution in [2.24, 2.45) is 0 Å². The van der Waals surface area contributed by atoms with Crippen molar-refractivity contribution < 1.29 is 19.4 Å². The molecule has 1 heterocycles. The molecule has 0 unspecified atom stereocenters. The molecule has 2 aromatic carbocycles. The number of halogens is 2. The number of aromatic nitrogens is 1. The second-order valence-electron chi connectivity index (χ2n) is 6.15. The van der Waals surface area contributed by atoms with Crippen LogP contribution in [0.15, 0.2) is 63.5 Å². The Kier molecular flexibility index (Phi) is 9.33. The van der Waals surface area contributed by atoms with Crippen LogP contribution in [0.4, 0.5) is 23.0 Å². The highest BCUT2D eigenvalue weighted by molar-refractivity contribution is 9.10. The smallest absolute Gasteiger partial charge is 0.283 e. The van der Waals surface area contributed by atoms with Crippen molar-refractivity contribution in [3.05, 3.63) is 94.9 Å². The van der Waals surface area contributed by atoms with E-state index in [0.717, 1.165) is 0 Å². The summed E-state index contributed by atoms with van der Waals surface area (Å²) in [4.78, 5) is 50.2. The third-order valence-electron chi connectivity index (χ3n) is 4.03. The highest BCUT2D eigenvalue weighted by atomic mass is 79.9. The Bertz CT molecular complexity index is 1180. The molecule has 1 aromatic heterocycles. The van der Waals surface area contributed by atoms with Crippen molar-refractivity contribution in [3.63, 3.8) is 0 Å². The van der Waals surface area contributed by atoms with Crippen LogP contribution in [-0.2, 0) is 0 Å². The van der Waals surface area contributed by atoms with Crippen molar-refractivity contribution in [3.8, 4) is 0 Å². The van der Waals surface area contributed by atoms with Gasteiger partial charge in [0.05, 0.1) is 9.85 Å². The molecule has 0 bridgehead atoms. The first kappa shape index (κ1) is 26.5. The van der Waals surface area contributed by atoms with E-state index in [0.29, 0.717) is 8.95 Å². The lowest BCUT2D eigenvalue weighted by molar-refractivity contribution is -0.385. The van der Waals surface area contributed by atoms with E-state index < -0.39 is 33.0 Å². The fraction of sp³-hybridized carbons (Fsp3) is 0.0952. The minimum Gasteiger partial charge on any atom is -0.306 e. The minimum absolute atomic E-state index is 0.00956. The molecule has 2 N–H and O–H groups in total. The predicted octanol–water partition coefficient (Wildman–Crippen LogP) is 5.95. The predicted molar refractivity (Wildman–Crippen MR) is 133 cm³/mol. The number of anilines is 2. The SMILES string of the molecule is CC.O=C(Nc1cccc(NC(=O)c2ccc(Br)cc2[N+](=O)[O-])n1)c1ccc(Br)cc1[N+](=O)[O-]. The molecule has 3 aromatic rings. The van der Waals surface area contributed by atoms with Crippen molar-refractivity contribution in [2.75, 3.05) is 10.6 Å². The van der Waals surface area contributed by atoms with E-state index in [1.165, 1.54) is 54.6 Å². The Morgan fingerprint density at radius 3 is 1.50 bits per heavy atom. The zero-order chi connectivity index (χ0) is 25.4. The molecule has 176 valence electrons. The third-order valence-corrected chi connectivity index (χ3v) is 5.02. The van der Waals surface area contributed by atoms with Crippen LogP contribution in [0.25, 0.3) is 0 Å². The molecule has 2 amide bonds. The topological polar surface area (TPSA) is 157 Å². The van der Waals surface area contributed by atoms with Crippen LogP contribution in [-0.4, -0.2) is 26.6 Å². The van der Waals surface area contributed by atoms with Crippen molar-refractivity contribution in [2.45, 2.75) is 13.8 Å². The lowest BCUT2D eigenvalue weighted by Crippen LogP contribution is -2.17. The van der Waals surface area contributed by atoms with Crippen LogP contribution in [0.3, 0.4) is 0 Å². The van der Waals surface area contributed by atoms with Gasteiger partial charge in [-0.1, -0.05) is 51.8 Å². The van der Waals surface area contributed by atoms with Gasteiger partial charge in [-0.15, -0.1) is 0 Å². The van der Waals surface area contributed by atoms with Crippen LogP contribution < -0.4 is 10.6 Å². The Morgan fingerprint density at radius 2 is 1.15 bits per heavy atom. The number of benzene rings is 2. The van der Waals surface area contributed by atoms with E-state index in [-0.39, 0.29) is 22.8 Å². The summed E-state index contributed by atoms with van der Waals surface area (Å²) in [5.41, 5.74) is -1.16. The van der Waals surface area contributed by atoms with E-state index >= 15 is 0 Å². The maximum atomic E-state index is 12.5. The van der Waals surface area contributed by atoms with Gasteiger partial charge in [0.1, 0.15) is 22.8 Å². The minimum atomic E-state index is -0.774.